The lowest BCUT2D eigenvalue weighted by atomic mass is 10.0. The summed E-state index contributed by atoms with van der Waals surface area (Å²) < 4.78 is 0. The zero-order valence-electron chi connectivity index (χ0n) is 12.7. The topological polar surface area (TPSA) is 15.3 Å². The molecule has 18 heavy (non-hydrogen) atoms. The molecule has 1 N–H and O–H groups in total. The van der Waals surface area contributed by atoms with E-state index in [1.807, 2.05) is 0 Å². The van der Waals surface area contributed by atoms with Gasteiger partial charge < -0.3 is 5.32 Å². The molecule has 2 nitrogen and oxygen atoms in total. The molecular formula is C16H28N2. The van der Waals surface area contributed by atoms with Crippen molar-refractivity contribution in [2.45, 2.75) is 52.2 Å². The maximum absolute atomic E-state index is 3.61. The Hall–Kier alpha value is -0.860. The number of hydrogen-bond acceptors (Lipinski definition) is 2. The van der Waals surface area contributed by atoms with E-state index in [0.717, 1.165) is 6.54 Å². The van der Waals surface area contributed by atoms with Crippen molar-refractivity contribution in [3.05, 3.63) is 35.9 Å². The van der Waals surface area contributed by atoms with E-state index < -0.39 is 0 Å². The zero-order chi connectivity index (χ0) is 13.8. The van der Waals surface area contributed by atoms with Gasteiger partial charge in [-0.3, -0.25) is 4.90 Å². The van der Waals surface area contributed by atoms with E-state index in [1.54, 1.807) is 0 Å². The Morgan fingerprint density at radius 3 is 2.11 bits per heavy atom. The van der Waals surface area contributed by atoms with Gasteiger partial charge >= 0.3 is 0 Å². The summed E-state index contributed by atoms with van der Waals surface area (Å²) in [6, 6.07) is 11.7. The van der Waals surface area contributed by atoms with Gasteiger partial charge in [-0.1, -0.05) is 30.3 Å². The van der Waals surface area contributed by atoms with Gasteiger partial charge in [-0.15, -0.1) is 0 Å². The Morgan fingerprint density at radius 2 is 1.67 bits per heavy atom. The maximum Gasteiger partial charge on any atom is 0.0472 e. The van der Waals surface area contributed by atoms with E-state index >= 15 is 0 Å². The van der Waals surface area contributed by atoms with Gasteiger partial charge in [0, 0.05) is 24.2 Å². The summed E-state index contributed by atoms with van der Waals surface area (Å²) in [5.74, 6) is 0. The fourth-order valence-corrected chi connectivity index (χ4v) is 1.93. The van der Waals surface area contributed by atoms with E-state index in [9.17, 15) is 0 Å². The van der Waals surface area contributed by atoms with Crippen LogP contribution in [0.3, 0.4) is 0 Å². The van der Waals surface area contributed by atoms with Crippen LogP contribution >= 0.6 is 0 Å². The molecule has 0 saturated carbocycles. The van der Waals surface area contributed by atoms with Crippen LogP contribution in [0.4, 0.5) is 0 Å². The molecule has 1 atom stereocenters. The van der Waals surface area contributed by atoms with Gasteiger partial charge in [0.25, 0.3) is 0 Å². The third-order valence-corrected chi connectivity index (χ3v) is 3.32. The van der Waals surface area contributed by atoms with Crippen LogP contribution in [0.1, 0.15) is 46.2 Å². The molecule has 0 aromatic heterocycles. The fraction of sp³-hybridized carbons (Fsp3) is 0.625. The average molecular weight is 248 g/mol. The van der Waals surface area contributed by atoms with Gasteiger partial charge in [-0.05, 0) is 47.2 Å². The van der Waals surface area contributed by atoms with Crippen LogP contribution in [0.5, 0.6) is 0 Å². The minimum atomic E-state index is 0.158. The summed E-state index contributed by atoms with van der Waals surface area (Å²) in [7, 11) is 2.20. The first-order valence-corrected chi connectivity index (χ1v) is 6.83. The molecule has 0 aliphatic heterocycles. The highest BCUT2D eigenvalue weighted by Gasteiger charge is 2.21. The summed E-state index contributed by atoms with van der Waals surface area (Å²) in [4.78, 5) is 2.42. The molecule has 0 radical (unpaired) electrons. The Kier molecular flexibility index (Phi) is 5.36. The Balaban J connectivity index is 2.83. The molecule has 0 amide bonds. The summed E-state index contributed by atoms with van der Waals surface area (Å²) >= 11 is 0. The van der Waals surface area contributed by atoms with Crippen LogP contribution < -0.4 is 5.32 Å². The zero-order valence-corrected chi connectivity index (χ0v) is 12.7. The van der Waals surface area contributed by atoms with Crippen molar-refractivity contribution >= 4 is 0 Å². The predicted molar refractivity (Wildman–Crippen MR) is 79.8 cm³/mol. The lowest BCUT2D eigenvalue weighted by Gasteiger charge is -2.34. The Bertz CT molecular complexity index is 338. The maximum atomic E-state index is 3.61. The first kappa shape index (κ1) is 15.2. The molecule has 0 fully saturated rings. The van der Waals surface area contributed by atoms with Crippen molar-refractivity contribution in [1.82, 2.24) is 10.2 Å². The minimum absolute atomic E-state index is 0.158. The highest BCUT2D eigenvalue weighted by Crippen LogP contribution is 2.21. The second-order valence-electron chi connectivity index (χ2n) is 6.32. The molecule has 2 heteroatoms. The van der Waals surface area contributed by atoms with Crippen LogP contribution in [0.25, 0.3) is 0 Å². The van der Waals surface area contributed by atoms with Crippen molar-refractivity contribution in [3.8, 4) is 0 Å². The normalized spacial score (nSPS) is 14.2. The highest BCUT2D eigenvalue weighted by molar-refractivity contribution is 5.19. The van der Waals surface area contributed by atoms with Crippen molar-refractivity contribution in [2.24, 2.45) is 0 Å². The fourth-order valence-electron chi connectivity index (χ4n) is 1.93. The minimum Gasteiger partial charge on any atom is -0.310 e. The predicted octanol–water partition coefficient (Wildman–Crippen LogP) is 3.46. The standard InChI is InChI=1S/C16H28N2/c1-13(2)18(6)15(12-17-16(3,4)5)14-10-8-7-9-11-14/h7-11,13,15,17H,12H2,1-6H3. The molecular weight excluding hydrogens is 220 g/mol. The smallest absolute Gasteiger partial charge is 0.0472 e. The summed E-state index contributed by atoms with van der Waals surface area (Å²) in [6.45, 7) is 12.1. The second kappa shape index (κ2) is 6.35. The van der Waals surface area contributed by atoms with Gasteiger partial charge in [0.1, 0.15) is 0 Å². The SMILES string of the molecule is CC(C)N(C)C(CNC(C)(C)C)c1ccccc1. The van der Waals surface area contributed by atoms with E-state index in [-0.39, 0.29) is 5.54 Å². The largest absolute Gasteiger partial charge is 0.310 e. The van der Waals surface area contributed by atoms with E-state index in [4.69, 9.17) is 0 Å². The van der Waals surface area contributed by atoms with Crippen LogP contribution in [0.15, 0.2) is 30.3 Å². The van der Waals surface area contributed by atoms with Gasteiger partial charge in [-0.25, -0.2) is 0 Å². The molecule has 0 heterocycles. The average Bonchev–Trinajstić information content (AvgIpc) is 2.28. The quantitative estimate of drug-likeness (QED) is 0.858. The molecule has 1 aromatic carbocycles. The van der Waals surface area contributed by atoms with Crippen molar-refractivity contribution < 1.29 is 0 Å². The van der Waals surface area contributed by atoms with E-state index in [0.29, 0.717) is 12.1 Å². The van der Waals surface area contributed by atoms with E-state index in [1.165, 1.54) is 5.56 Å². The van der Waals surface area contributed by atoms with Crippen molar-refractivity contribution in [2.75, 3.05) is 13.6 Å². The number of hydrogen-bond donors (Lipinski definition) is 1. The summed E-state index contributed by atoms with van der Waals surface area (Å²) in [6.07, 6.45) is 0. The first-order chi connectivity index (χ1) is 8.31. The van der Waals surface area contributed by atoms with Gasteiger partial charge in [0.2, 0.25) is 0 Å². The third-order valence-electron chi connectivity index (χ3n) is 3.32. The molecule has 1 unspecified atom stereocenters. The Morgan fingerprint density at radius 1 is 1.11 bits per heavy atom. The van der Waals surface area contributed by atoms with Crippen LogP contribution in [0, 0.1) is 0 Å². The number of nitrogens with one attached hydrogen (secondary N) is 1. The molecule has 0 aliphatic rings. The van der Waals surface area contributed by atoms with Crippen LogP contribution in [-0.4, -0.2) is 30.1 Å². The van der Waals surface area contributed by atoms with Crippen LogP contribution in [0.2, 0.25) is 0 Å². The molecule has 102 valence electrons. The van der Waals surface area contributed by atoms with Gasteiger partial charge in [-0.2, -0.15) is 0 Å². The van der Waals surface area contributed by atoms with Crippen molar-refractivity contribution in [1.29, 1.82) is 0 Å². The van der Waals surface area contributed by atoms with Gasteiger partial charge in [0.15, 0.2) is 0 Å². The summed E-state index contributed by atoms with van der Waals surface area (Å²) in [5.41, 5.74) is 1.54. The second-order valence-corrected chi connectivity index (χ2v) is 6.32. The highest BCUT2D eigenvalue weighted by atomic mass is 15.2. The van der Waals surface area contributed by atoms with Crippen molar-refractivity contribution in [3.63, 3.8) is 0 Å². The third kappa shape index (κ3) is 4.79. The molecule has 0 aliphatic carbocycles. The number of nitrogens with zero attached hydrogens (tertiary/aromatic N) is 1. The first-order valence-electron chi connectivity index (χ1n) is 6.83. The van der Waals surface area contributed by atoms with Crippen LogP contribution in [-0.2, 0) is 0 Å². The number of benzene rings is 1. The monoisotopic (exact) mass is 248 g/mol. The lowest BCUT2D eigenvalue weighted by Crippen LogP contribution is -2.43. The number of likely N-dealkylation sites (N-methyl/N-ethyl adjacent to an activating group) is 1. The molecule has 0 spiro atoms. The van der Waals surface area contributed by atoms with Gasteiger partial charge in [0.05, 0.1) is 0 Å². The summed E-state index contributed by atoms with van der Waals surface area (Å²) in [5, 5.41) is 3.61. The number of rotatable bonds is 5. The molecule has 0 saturated heterocycles. The molecule has 1 aromatic rings. The Labute approximate surface area is 112 Å². The molecule has 1 rings (SSSR count). The molecule has 0 bridgehead atoms. The lowest BCUT2D eigenvalue weighted by molar-refractivity contribution is 0.182. The van der Waals surface area contributed by atoms with E-state index in [2.05, 4.69) is 82.2 Å².